The topological polar surface area (TPSA) is 67.1 Å². The maximum atomic E-state index is 6.20. The van der Waals surface area contributed by atoms with Crippen LogP contribution >= 0.6 is 0 Å². The van der Waals surface area contributed by atoms with Crippen LogP contribution in [0.2, 0.25) is 0 Å². The first-order valence-electron chi connectivity index (χ1n) is 10.5. The monoisotopic (exact) mass is 363 g/mol. The van der Waals surface area contributed by atoms with E-state index < -0.39 is 0 Å². The average molecular weight is 364 g/mol. The molecule has 2 aliphatic heterocycles. The van der Waals surface area contributed by atoms with Crippen LogP contribution in [-0.4, -0.2) is 36.1 Å². The minimum atomic E-state index is 0.341. The largest absolute Gasteiger partial charge is 0.368 e. The molecule has 0 bridgehead atoms. The van der Waals surface area contributed by atoms with Crippen LogP contribution in [0, 0.1) is 11.8 Å². The predicted molar refractivity (Wildman–Crippen MR) is 109 cm³/mol. The van der Waals surface area contributed by atoms with Gasteiger partial charge in [0.25, 0.3) is 0 Å². The van der Waals surface area contributed by atoms with E-state index in [1.54, 1.807) is 0 Å². The molecule has 0 radical (unpaired) electrons. The highest BCUT2D eigenvalue weighted by Crippen LogP contribution is 2.40. The van der Waals surface area contributed by atoms with E-state index in [0.29, 0.717) is 11.9 Å². The molecular formula is C22H29N5. The van der Waals surface area contributed by atoms with Gasteiger partial charge in [-0.1, -0.05) is 30.3 Å². The fraction of sp³-hybridized carbons (Fsp3) is 0.545. The lowest BCUT2D eigenvalue weighted by atomic mass is 9.79. The van der Waals surface area contributed by atoms with Gasteiger partial charge in [0.05, 0.1) is 5.69 Å². The SMILES string of the molecule is Nc1nc2c(c(N3CCC4CCNCC4C3)n1)CCCC2c1ccccc1. The number of hydrogen-bond acceptors (Lipinski definition) is 5. The first-order chi connectivity index (χ1) is 13.3. The van der Waals surface area contributed by atoms with Gasteiger partial charge in [-0.05, 0) is 62.6 Å². The van der Waals surface area contributed by atoms with Crippen LogP contribution in [0.4, 0.5) is 11.8 Å². The molecule has 5 heteroatoms. The van der Waals surface area contributed by atoms with Crippen LogP contribution in [-0.2, 0) is 6.42 Å². The van der Waals surface area contributed by atoms with Gasteiger partial charge in [-0.3, -0.25) is 0 Å². The van der Waals surface area contributed by atoms with Crippen molar-refractivity contribution in [3.63, 3.8) is 0 Å². The Morgan fingerprint density at radius 3 is 2.81 bits per heavy atom. The average Bonchev–Trinajstić information content (AvgIpc) is 2.73. The number of hydrogen-bond donors (Lipinski definition) is 2. The number of nitrogens with two attached hydrogens (primary N) is 1. The van der Waals surface area contributed by atoms with E-state index in [2.05, 4.69) is 40.5 Å². The van der Waals surface area contributed by atoms with Gasteiger partial charge in [0.2, 0.25) is 5.95 Å². The van der Waals surface area contributed by atoms with Gasteiger partial charge in [-0.2, -0.15) is 4.98 Å². The Labute approximate surface area is 161 Å². The van der Waals surface area contributed by atoms with Gasteiger partial charge < -0.3 is 16.0 Å². The Morgan fingerprint density at radius 1 is 1.04 bits per heavy atom. The second-order valence-electron chi connectivity index (χ2n) is 8.37. The number of rotatable bonds is 2. The molecule has 142 valence electrons. The lowest BCUT2D eigenvalue weighted by molar-refractivity contribution is 0.217. The highest BCUT2D eigenvalue weighted by molar-refractivity contribution is 5.55. The van der Waals surface area contributed by atoms with Gasteiger partial charge in [0, 0.05) is 24.6 Å². The van der Waals surface area contributed by atoms with Crippen LogP contribution in [0.25, 0.3) is 0 Å². The molecule has 3 unspecified atom stereocenters. The molecule has 5 rings (SSSR count). The number of piperidine rings is 2. The third-order valence-corrected chi connectivity index (χ3v) is 6.78. The van der Waals surface area contributed by atoms with Crippen molar-refractivity contribution in [1.82, 2.24) is 15.3 Å². The van der Waals surface area contributed by atoms with Crippen molar-refractivity contribution in [3.8, 4) is 0 Å². The maximum absolute atomic E-state index is 6.20. The summed E-state index contributed by atoms with van der Waals surface area (Å²) in [7, 11) is 0. The third kappa shape index (κ3) is 3.18. The molecular weight excluding hydrogens is 334 g/mol. The number of benzene rings is 1. The smallest absolute Gasteiger partial charge is 0.222 e. The second-order valence-corrected chi connectivity index (χ2v) is 8.37. The maximum Gasteiger partial charge on any atom is 0.222 e. The predicted octanol–water partition coefficient (Wildman–Crippen LogP) is 2.96. The molecule has 0 amide bonds. The van der Waals surface area contributed by atoms with Crippen molar-refractivity contribution in [2.24, 2.45) is 11.8 Å². The van der Waals surface area contributed by atoms with E-state index >= 15 is 0 Å². The second kappa shape index (κ2) is 7.12. The fourth-order valence-electron chi connectivity index (χ4n) is 5.39. The summed E-state index contributed by atoms with van der Waals surface area (Å²) in [6.07, 6.45) is 5.98. The number of nitrogen functional groups attached to an aromatic ring is 1. The standard InChI is InChI=1S/C22H29N5/c23-22-25-20-18(16-5-2-1-3-6-16)7-4-8-19(20)21(26-22)27-12-10-15-9-11-24-13-17(15)14-27/h1-3,5-6,15,17-18,24H,4,7-14H2,(H2,23,25,26). The zero-order valence-corrected chi connectivity index (χ0v) is 15.9. The van der Waals surface area contributed by atoms with E-state index in [1.807, 2.05) is 0 Å². The Kier molecular flexibility index (Phi) is 4.48. The van der Waals surface area contributed by atoms with Gasteiger partial charge >= 0.3 is 0 Å². The highest BCUT2D eigenvalue weighted by Gasteiger charge is 2.34. The van der Waals surface area contributed by atoms with E-state index in [4.69, 9.17) is 15.7 Å². The Bertz CT molecular complexity index is 806. The molecule has 27 heavy (non-hydrogen) atoms. The summed E-state index contributed by atoms with van der Waals surface area (Å²) in [5, 5.41) is 3.57. The molecule has 5 nitrogen and oxygen atoms in total. The molecule has 1 aromatic heterocycles. The summed E-state index contributed by atoms with van der Waals surface area (Å²) >= 11 is 0. The van der Waals surface area contributed by atoms with Crippen LogP contribution in [0.1, 0.15) is 48.4 Å². The Hall–Kier alpha value is -2.14. The molecule has 3 atom stereocenters. The summed E-state index contributed by atoms with van der Waals surface area (Å²) in [6, 6.07) is 10.8. The zero-order chi connectivity index (χ0) is 18.2. The quantitative estimate of drug-likeness (QED) is 0.859. The summed E-state index contributed by atoms with van der Waals surface area (Å²) in [5.41, 5.74) is 10.1. The van der Waals surface area contributed by atoms with Crippen molar-refractivity contribution >= 4 is 11.8 Å². The summed E-state index contributed by atoms with van der Waals surface area (Å²) in [5.74, 6) is 3.48. The molecule has 3 heterocycles. The molecule has 1 aromatic carbocycles. The number of fused-ring (bicyclic) bond motifs is 2. The van der Waals surface area contributed by atoms with Gasteiger partial charge in [-0.25, -0.2) is 4.98 Å². The lowest BCUT2D eigenvalue weighted by Crippen LogP contribution is -2.49. The van der Waals surface area contributed by atoms with E-state index in [-0.39, 0.29) is 0 Å². The number of nitrogens with zero attached hydrogens (tertiary/aromatic N) is 3. The normalized spacial score (nSPS) is 27.7. The highest BCUT2D eigenvalue weighted by atomic mass is 15.2. The van der Waals surface area contributed by atoms with Crippen molar-refractivity contribution < 1.29 is 0 Å². The molecule has 0 spiro atoms. The molecule has 2 saturated heterocycles. The molecule has 1 aliphatic carbocycles. The molecule has 3 N–H and O–H groups in total. The minimum Gasteiger partial charge on any atom is -0.368 e. The molecule has 0 saturated carbocycles. The summed E-state index contributed by atoms with van der Waals surface area (Å²) in [6.45, 7) is 4.50. The number of nitrogens with one attached hydrogen (secondary N) is 1. The molecule has 2 fully saturated rings. The van der Waals surface area contributed by atoms with Crippen LogP contribution in [0.15, 0.2) is 30.3 Å². The van der Waals surface area contributed by atoms with Crippen molar-refractivity contribution in [3.05, 3.63) is 47.2 Å². The summed E-state index contributed by atoms with van der Waals surface area (Å²) < 4.78 is 0. The lowest BCUT2D eigenvalue weighted by Gasteiger charge is -2.43. The fourth-order valence-corrected chi connectivity index (χ4v) is 5.39. The summed E-state index contributed by atoms with van der Waals surface area (Å²) in [4.78, 5) is 12.0. The first kappa shape index (κ1) is 17.0. The Balaban J connectivity index is 1.50. The van der Waals surface area contributed by atoms with E-state index in [9.17, 15) is 0 Å². The molecule has 2 aromatic rings. The number of aromatic nitrogens is 2. The first-order valence-corrected chi connectivity index (χ1v) is 10.5. The zero-order valence-electron chi connectivity index (χ0n) is 15.9. The van der Waals surface area contributed by atoms with E-state index in [1.165, 1.54) is 42.6 Å². The van der Waals surface area contributed by atoms with Gasteiger partial charge in [-0.15, -0.1) is 0 Å². The van der Waals surface area contributed by atoms with Gasteiger partial charge in [0.15, 0.2) is 0 Å². The van der Waals surface area contributed by atoms with Crippen LogP contribution in [0.3, 0.4) is 0 Å². The van der Waals surface area contributed by atoms with Crippen molar-refractivity contribution in [2.75, 3.05) is 36.8 Å². The van der Waals surface area contributed by atoms with Gasteiger partial charge in [0.1, 0.15) is 5.82 Å². The van der Waals surface area contributed by atoms with Crippen molar-refractivity contribution in [1.29, 1.82) is 0 Å². The third-order valence-electron chi connectivity index (χ3n) is 6.78. The minimum absolute atomic E-state index is 0.341. The van der Waals surface area contributed by atoms with Crippen molar-refractivity contribution in [2.45, 2.75) is 38.0 Å². The Morgan fingerprint density at radius 2 is 1.93 bits per heavy atom. The van der Waals surface area contributed by atoms with Crippen LogP contribution in [0.5, 0.6) is 0 Å². The number of anilines is 2. The van der Waals surface area contributed by atoms with E-state index in [0.717, 1.165) is 50.1 Å². The molecule has 3 aliphatic rings. The van der Waals surface area contributed by atoms with Crippen LogP contribution < -0.4 is 16.0 Å².